The van der Waals surface area contributed by atoms with E-state index < -0.39 is 154 Å². The molecule has 4 heterocycles. The zero-order chi connectivity index (χ0) is 39.6. The van der Waals surface area contributed by atoms with Gasteiger partial charge < -0.3 is 104 Å². The molecule has 0 bridgehead atoms. The molecule has 4 aliphatic heterocycles. The average Bonchev–Trinajstić information content (AvgIpc) is 3.16. The molecule has 1 aromatic rings. The van der Waals surface area contributed by atoms with Crippen LogP contribution in [0.15, 0.2) is 24.3 Å². The molecule has 13 N–H and O–H groups in total. The fraction of sp³-hybridized carbons (Fsp3) is 0.800. The fourth-order valence-corrected chi connectivity index (χ4v) is 6.41. The SMILES string of the molecule is O=[N+]([O-])c1ccc(O[C@@H]2O[C@H](CO)[C@@H](O[C@@H]3O[C@H](CO)[C@@H](O[C@@H]4O[C@H](CO)[C@@H](O[C@@H]5O[C@H](CO)[C@H](O)[C@H](O)[C@H]5O)[C@H](O)[C@H]4O)[C@H](O)[C@H]3O)[C@H](O)[C@H]2O)cc1. The van der Waals surface area contributed by atoms with E-state index >= 15 is 0 Å². The second kappa shape index (κ2) is 18.3. The lowest BCUT2D eigenvalue weighted by atomic mass is 9.95. The van der Waals surface area contributed by atoms with Gasteiger partial charge in [-0.15, -0.1) is 0 Å². The highest BCUT2D eigenvalue weighted by Crippen LogP contribution is 2.34. The van der Waals surface area contributed by atoms with E-state index in [0.29, 0.717) is 0 Å². The molecule has 308 valence electrons. The van der Waals surface area contributed by atoms with E-state index in [0.717, 1.165) is 12.1 Å². The van der Waals surface area contributed by atoms with E-state index in [1.807, 2.05) is 0 Å². The average molecular weight is 788 g/mol. The molecule has 0 unspecified atom stereocenters. The van der Waals surface area contributed by atoms with Crippen LogP contribution in [0.1, 0.15) is 0 Å². The third kappa shape index (κ3) is 8.77. The standard InChI is InChI=1S/C30H45NO23/c32-5-11-15(36)16(37)20(41)28(48-11)52-25-13(7-34)50-30(22(43)18(25)39)54-26-14(8-35)51-29(23(44)19(26)40)53-24-12(6-33)49-27(21(42)17(24)38)47-10-3-1-9(2-4-10)31(45)46/h1-4,11-30,32-44H,5-8H2/t11-,12-,13-,14-,15+,16+,17-,18-,19-,20-,21-,22-,23-,24-,25-,26-,27-,28+,29+,30+/m1/s1. The van der Waals surface area contributed by atoms with Crippen molar-refractivity contribution < 1.29 is 109 Å². The minimum absolute atomic E-state index is 0.000590. The van der Waals surface area contributed by atoms with Crippen molar-refractivity contribution in [2.45, 2.75) is 123 Å². The maximum Gasteiger partial charge on any atom is 0.269 e. The third-order valence-corrected chi connectivity index (χ3v) is 9.48. The van der Waals surface area contributed by atoms with Gasteiger partial charge in [0.1, 0.15) is 103 Å². The third-order valence-electron chi connectivity index (χ3n) is 9.48. The first-order valence-corrected chi connectivity index (χ1v) is 16.7. The van der Waals surface area contributed by atoms with Gasteiger partial charge in [-0.25, -0.2) is 0 Å². The van der Waals surface area contributed by atoms with Crippen LogP contribution in [0.5, 0.6) is 5.75 Å². The van der Waals surface area contributed by atoms with Crippen LogP contribution in [0.3, 0.4) is 0 Å². The molecular formula is C30H45NO23. The topological polar surface area (TPSA) is 380 Å². The smallest absolute Gasteiger partial charge is 0.269 e. The molecule has 4 aliphatic rings. The molecule has 24 heteroatoms. The first-order chi connectivity index (χ1) is 25.6. The first kappa shape index (κ1) is 42.8. The number of nitro groups is 1. The lowest BCUT2D eigenvalue weighted by molar-refractivity contribution is -0.387. The minimum Gasteiger partial charge on any atom is -0.462 e. The van der Waals surface area contributed by atoms with Crippen molar-refractivity contribution in [1.29, 1.82) is 0 Å². The summed E-state index contributed by atoms with van der Waals surface area (Å²) < 4.78 is 44.2. The molecule has 0 aliphatic carbocycles. The molecule has 0 spiro atoms. The predicted octanol–water partition coefficient (Wildman–Crippen LogP) is -7.75. The van der Waals surface area contributed by atoms with E-state index in [1.165, 1.54) is 12.1 Å². The summed E-state index contributed by atoms with van der Waals surface area (Å²) in [5, 5.41) is 146. The lowest BCUT2D eigenvalue weighted by Gasteiger charge is -2.49. The van der Waals surface area contributed by atoms with Gasteiger partial charge in [-0.2, -0.15) is 0 Å². The van der Waals surface area contributed by atoms with E-state index in [-0.39, 0.29) is 11.4 Å². The summed E-state index contributed by atoms with van der Waals surface area (Å²) in [4.78, 5) is 10.3. The van der Waals surface area contributed by atoms with Gasteiger partial charge in [0.15, 0.2) is 18.9 Å². The lowest BCUT2D eigenvalue weighted by Crippen LogP contribution is -2.67. The Labute approximate surface area is 304 Å². The highest BCUT2D eigenvalue weighted by Gasteiger charge is 2.55. The molecule has 24 nitrogen and oxygen atoms in total. The maximum absolute atomic E-state index is 11.1. The van der Waals surface area contributed by atoms with Crippen molar-refractivity contribution in [2.75, 3.05) is 26.4 Å². The number of aliphatic hydroxyl groups excluding tert-OH is 13. The van der Waals surface area contributed by atoms with Gasteiger partial charge in [-0.1, -0.05) is 0 Å². The summed E-state index contributed by atoms with van der Waals surface area (Å²) in [6.07, 6.45) is -35.7. The fourth-order valence-electron chi connectivity index (χ4n) is 6.41. The zero-order valence-electron chi connectivity index (χ0n) is 28.0. The molecule has 4 saturated heterocycles. The molecule has 5 rings (SSSR count). The molecule has 20 atom stereocenters. The summed E-state index contributed by atoms with van der Waals surface area (Å²) in [7, 11) is 0. The number of non-ortho nitro benzene ring substituents is 1. The van der Waals surface area contributed by atoms with Crippen molar-refractivity contribution >= 4 is 5.69 Å². The predicted molar refractivity (Wildman–Crippen MR) is 165 cm³/mol. The second-order valence-electron chi connectivity index (χ2n) is 13.0. The summed E-state index contributed by atoms with van der Waals surface area (Å²) in [5.74, 6) is 0.000590. The number of hydrogen-bond donors (Lipinski definition) is 13. The highest BCUT2D eigenvalue weighted by molar-refractivity contribution is 5.36. The Morgan fingerprint density at radius 1 is 0.481 bits per heavy atom. The first-order valence-electron chi connectivity index (χ1n) is 16.7. The molecule has 0 aromatic heterocycles. The summed E-state index contributed by atoms with van der Waals surface area (Å²) in [5.41, 5.74) is -0.251. The van der Waals surface area contributed by atoms with Crippen LogP contribution in [0.4, 0.5) is 5.69 Å². The Morgan fingerprint density at radius 3 is 1.19 bits per heavy atom. The van der Waals surface area contributed by atoms with Crippen molar-refractivity contribution in [1.82, 2.24) is 0 Å². The number of rotatable bonds is 13. The van der Waals surface area contributed by atoms with Gasteiger partial charge in [0, 0.05) is 12.1 Å². The number of hydrogen-bond acceptors (Lipinski definition) is 23. The van der Waals surface area contributed by atoms with Crippen LogP contribution in [0.2, 0.25) is 0 Å². The van der Waals surface area contributed by atoms with E-state index in [2.05, 4.69) is 0 Å². The van der Waals surface area contributed by atoms with Gasteiger partial charge in [-0.05, 0) is 12.1 Å². The number of ether oxygens (including phenoxy) is 8. The van der Waals surface area contributed by atoms with Crippen LogP contribution in [-0.2, 0) is 33.2 Å². The van der Waals surface area contributed by atoms with Crippen molar-refractivity contribution in [3.8, 4) is 5.75 Å². The second-order valence-corrected chi connectivity index (χ2v) is 13.0. The Morgan fingerprint density at radius 2 is 0.815 bits per heavy atom. The molecule has 1 aromatic carbocycles. The van der Waals surface area contributed by atoms with Crippen LogP contribution >= 0.6 is 0 Å². The normalized spacial score (nSPS) is 45.9. The Hall–Kier alpha value is -2.38. The zero-order valence-corrected chi connectivity index (χ0v) is 28.0. The minimum atomic E-state index is -2.06. The van der Waals surface area contributed by atoms with Crippen LogP contribution in [0, 0.1) is 10.1 Å². The molecule has 0 saturated carbocycles. The molecule has 4 fully saturated rings. The van der Waals surface area contributed by atoms with Crippen molar-refractivity contribution in [3.63, 3.8) is 0 Å². The van der Waals surface area contributed by atoms with Gasteiger partial charge in [0.2, 0.25) is 6.29 Å². The molecule has 54 heavy (non-hydrogen) atoms. The summed E-state index contributed by atoms with van der Waals surface area (Å²) >= 11 is 0. The number of nitrogens with zero attached hydrogens (tertiary/aromatic N) is 1. The van der Waals surface area contributed by atoms with Crippen molar-refractivity contribution in [2.24, 2.45) is 0 Å². The molecular weight excluding hydrogens is 742 g/mol. The van der Waals surface area contributed by atoms with E-state index in [4.69, 9.17) is 37.9 Å². The number of benzene rings is 1. The quantitative estimate of drug-likeness (QED) is 0.0652. The van der Waals surface area contributed by atoms with Crippen LogP contribution < -0.4 is 4.74 Å². The van der Waals surface area contributed by atoms with Crippen LogP contribution in [-0.4, -0.2) is 221 Å². The highest BCUT2D eigenvalue weighted by atomic mass is 16.8. The van der Waals surface area contributed by atoms with Crippen molar-refractivity contribution in [3.05, 3.63) is 34.4 Å². The monoisotopic (exact) mass is 787 g/mol. The molecule has 0 amide bonds. The maximum atomic E-state index is 11.1. The van der Waals surface area contributed by atoms with E-state index in [1.54, 1.807) is 0 Å². The Balaban J connectivity index is 1.22. The van der Waals surface area contributed by atoms with E-state index in [9.17, 15) is 76.5 Å². The number of aliphatic hydroxyl groups is 13. The summed E-state index contributed by atoms with van der Waals surface area (Å²) in [6, 6.07) is 4.64. The van der Waals surface area contributed by atoms with Gasteiger partial charge >= 0.3 is 0 Å². The van der Waals surface area contributed by atoms with Gasteiger partial charge in [-0.3, -0.25) is 10.1 Å². The largest absolute Gasteiger partial charge is 0.462 e. The Bertz CT molecular complexity index is 1340. The van der Waals surface area contributed by atoms with Crippen LogP contribution in [0.25, 0.3) is 0 Å². The molecule has 0 radical (unpaired) electrons. The van der Waals surface area contributed by atoms with Gasteiger partial charge in [0.05, 0.1) is 31.4 Å². The number of nitro benzene ring substituents is 1. The van der Waals surface area contributed by atoms with Gasteiger partial charge in [0.25, 0.3) is 5.69 Å². The Kier molecular flexibility index (Phi) is 14.5. The summed E-state index contributed by atoms with van der Waals surface area (Å²) in [6.45, 7) is -3.50.